The van der Waals surface area contributed by atoms with Gasteiger partial charge in [-0.15, -0.1) is 0 Å². The number of fused-ring (bicyclic) bond motifs is 2. The van der Waals surface area contributed by atoms with Crippen molar-refractivity contribution in [3.05, 3.63) is 92.5 Å². The normalized spacial score (nSPS) is 15.2. The first kappa shape index (κ1) is 45.0. The van der Waals surface area contributed by atoms with Crippen LogP contribution in [0.25, 0.3) is 11.1 Å². The number of alkyl halides is 2. The van der Waals surface area contributed by atoms with E-state index in [9.17, 15) is 38.1 Å². The third-order valence-corrected chi connectivity index (χ3v) is 13.5. The number of para-hydroxylation sites is 1. The number of hydrogen-bond acceptors (Lipinski definition) is 11. The number of benzene rings is 2. The number of hydrogen-bond donors (Lipinski definition) is 2. The maximum Gasteiger partial charge on any atom is 0.348 e. The molecular weight excluding hydrogens is 861 g/mol. The first-order valence-corrected chi connectivity index (χ1v) is 22.7. The van der Waals surface area contributed by atoms with Crippen LogP contribution in [-0.2, 0) is 40.8 Å². The van der Waals surface area contributed by atoms with E-state index in [1.165, 1.54) is 6.92 Å². The SMILES string of the molecule is CC(=O)N1CCc2c(c(N3CCCc4cc(-c5cnn(C)c5)c(C(F)F)cc43)nn2C2CCN(C(=O)CCCCCC(=O)Nc3ccccc3C(=O)Nc3nc(C)c([N+](=O)[O-])s3)CC2)C1. The summed E-state index contributed by atoms with van der Waals surface area (Å²) >= 11 is 0.756. The Balaban J connectivity index is 0.861. The summed E-state index contributed by atoms with van der Waals surface area (Å²) in [6, 6.07) is 9.97. The molecule has 5 aromatic rings. The predicted octanol–water partition coefficient (Wildman–Crippen LogP) is 7.89. The summed E-state index contributed by atoms with van der Waals surface area (Å²) in [7, 11) is 1.76. The lowest BCUT2D eigenvalue weighted by Gasteiger charge is -2.34. The molecule has 0 bridgehead atoms. The predicted molar refractivity (Wildman–Crippen MR) is 240 cm³/mol. The lowest BCUT2D eigenvalue weighted by Crippen LogP contribution is -2.40. The van der Waals surface area contributed by atoms with E-state index in [0.717, 1.165) is 41.0 Å². The quantitative estimate of drug-likeness (QED) is 0.0629. The minimum absolute atomic E-state index is 0.0204. The highest BCUT2D eigenvalue weighted by atomic mass is 32.1. The molecule has 3 aliphatic rings. The van der Waals surface area contributed by atoms with Gasteiger partial charge < -0.3 is 20.0 Å². The molecule has 0 radical (unpaired) electrons. The van der Waals surface area contributed by atoms with Gasteiger partial charge in [-0.2, -0.15) is 10.2 Å². The van der Waals surface area contributed by atoms with Crippen LogP contribution in [0.15, 0.2) is 48.8 Å². The van der Waals surface area contributed by atoms with Gasteiger partial charge in [-0.25, -0.2) is 13.8 Å². The van der Waals surface area contributed by atoms with Crippen LogP contribution in [0.2, 0.25) is 0 Å². The Morgan fingerprint density at radius 2 is 1.75 bits per heavy atom. The van der Waals surface area contributed by atoms with Gasteiger partial charge in [0.05, 0.1) is 35.0 Å². The number of aromatic nitrogens is 5. The number of anilines is 4. The van der Waals surface area contributed by atoms with Gasteiger partial charge in [-0.1, -0.05) is 18.6 Å². The van der Waals surface area contributed by atoms with Gasteiger partial charge in [-0.3, -0.25) is 44.0 Å². The number of carbonyl (C=O) groups is 4. The van der Waals surface area contributed by atoms with Crippen molar-refractivity contribution < 1.29 is 32.9 Å². The van der Waals surface area contributed by atoms with Crippen molar-refractivity contribution in [3.8, 4) is 11.1 Å². The Morgan fingerprint density at radius 3 is 2.46 bits per heavy atom. The summed E-state index contributed by atoms with van der Waals surface area (Å²) < 4.78 is 33.1. The summed E-state index contributed by atoms with van der Waals surface area (Å²) in [5.74, 6) is -0.127. The van der Waals surface area contributed by atoms with Crippen molar-refractivity contribution in [2.75, 3.05) is 41.7 Å². The van der Waals surface area contributed by atoms with Crippen LogP contribution in [-0.4, -0.2) is 89.1 Å². The molecule has 342 valence electrons. The van der Waals surface area contributed by atoms with Gasteiger partial charge in [0.15, 0.2) is 10.9 Å². The second kappa shape index (κ2) is 19.3. The Bertz CT molecular complexity index is 2630. The topological polar surface area (TPSA) is 194 Å². The molecule has 65 heavy (non-hydrogen) atoms. The third-order valence-electron chi connectivity index (χ3n) is 12.4. The molecule has 3 aromatic heterocycles. The van der Waals surface area contributed by atoms with Gasteiger partial charge in [0.2, 0.25) is 17.7 Å². The van der Waals surface area contributed by atoms with Crippen molar-refractivity contribution >= 4 is 62.3 Å². The minimum atomic E-state index is -2.70. The molecule has 17 nitrogen and oxygen atoms in total. The highest BCUT2D eigenvalue weighted by Gasteiger charge is 2.35. The van der Waals surface area contributed by atoms with Crippen LogP contribution in [0, 0.1) is 17.0 Å². The molecule has 1 fully saturated rings. The maximum absolute atomic E-state index is 14.7. The van der Waals surface area contributed by atoms with E-state index >= 15 is 0 Å². The number of rotatable bonds is 14. The van der Waals surface area contributed by atoms with Crippen molar-refractivity contribution in [1.82, 2.24) is 34.3 Å². The van der Waals surface area contributed by atoms with Crippen LogP contribution in [0.1, 0.15) is 109 Å². The first-order chi connectivity index (χ1) is 31.2. The average molecular weight is 912 g/mol. The monoisotopic (exact) mass is 911 g/mol. The lowest BCUT2D eigenvalue weighted by molar-refractivity contribution is -0.380. The number of halogens is 2. The molecular formula is C45H51F2N11O6S. The molecule has 2 N–H and O–H groups in total. The third kappa shape index (κ3) is 9.76. The lowest BCUT2D eigenvalue weighted by atomic mass is 9.92. The Kier molecular flexibility index (Phi) is 13.3. The van der Waals surface area contributed by atoms with Gasteiger partial charge in [0.1, 0.15) is 5.69 Å². The van der Waals surface area contributed by atoms with Crippen LogP contribution in [0.5, 0.6) is 0 Å². The molecule has 6 heterocycles. The van der Waals surface area contributed by atoms with Gasteiger partial charge in [0, 0.05) is 93.7 Å². The van der Waals surface area contributed by atoms with Crippen LogP contribution < -0.4 is 15.5 Å². The van der Waals surface area contributed by atoms with E-state index < -0.39 is 17.3 Å². The summed E-state index contributed by atoms with van der Waals surface area (Å²) in [6.07, 6.45) is 6.55. The molecule has 20 heteroatoms. The zero-order valence-electron chi connectivity index (χ0n) is 36.5. The number of nitrogens with one attached hydrogen (secondary N) is 2. The van der Waals surface area contributed by atoms with E-state index in [4.69, 9.17) is 5.10 Å². The number of piperidine rings is 1. The molecule has 0 aliphatic carbocycles. The van der Waals surface area contributed by atoms with Gasteiger partial charge >= 0.3 is 5.00 Å². The van der Waals surface area contributed by atoms with Crippen molar-refractivity contribution in [1.29, 1.82) is 0 Å². The number of unbranched alkanes of at least 4 members (excludes halogenated alkanes) is 2. The Morgan fingerprint density at radius 1 is 0.985 bits per heavy atom. The summed E-state index contributed by atoms with van der Waals surface area (Å²) in [5, 5.41) is 25.9. The highest BCUT2D eigenvalue weighted by molar-refractivity contribution is 7.19. The molecule has 4 amide bonds. The second-order valence-electron chi connectivity index (χ2n) is 16.8. The fourth-order valence-corrected chi connectivity index (χ4v) is 9.89. The minimum Gasteiger partial charge on any atom is -0.343 e. The second-order valence-corrected chi connectivity index (χ2v) is 17.8. The van der Waals surface area contributed by atoms with E-state index in [0.29, 0.717) is 106 Å². The van der Waals surface area contributed by atoms with E-state index in [2.05, 4.69) is 30.3 Å². The zero-order valence-corrected chi connectivity index (χ0v) is 37.3. The van der Waals surface area contributed by atoms with E-state index in [1.807, 2.05) is 11.0 Å². The zero-order chi connectivity index (χ0) is 45.9. The van der Waals surface area contributed by atoms with Crippen LogP contribution >= 0.6 is 11.3 Å². The largest absolute Gasteiger partial charge is 0.348 e. The first-order valence-electron chi connectivity index (χ1n) is 21.9. The molecule has 0 unspecified atom stereocenters. The number of carbonyl (C=O) groups excluding carboxylic acids is 4. The molecule has 0 saturated carbocycles. The van der Waals surface area contributed by atoms with E-state index in [-0.39, 0.29) is 57.1 Å². The number of thiazole rings is 1. The molecule has 0 atom stereocenters. The number of aryl methyl sites for hydroxylation is 3. The number of nitro groups is 1. The van der Waals surface area contributed by atoms with Crippen molar-refractivity contribution in [2.45, 2.75) is 97.1 Å². The number of likely N-dealkylation sites (tertiary alicyclic amines) is 1. The molecule has 8 rings (SSSR count). The fourth-order valence-electron chi connectivity index (χ4n) is 9.11. The summed E-state index contributed by atoms with van der Waals surface area (Å²) in [4.78, 5) is 72.3. The molecule has 3 aliphatic heterocycles. The fraction of sp³-hybridized carbons (Fsp3) is 0.444. The van der Waals surface area contributed by atoms with Crippen molar-refractivity contribution in [3.63, 3.8) is 0 Å². The summed E-state index contributed by atoms with van der Waals surface area (Å²) in [6.45, 7) is 5.70. The average Bonchev–Trinajstić information content (AvgIpc) is 4.01. The summed E-state index contributed by atoms with van der Waals surface area (Å²) in [5.41, 5.74) is 5.38. The van der Waals surface area contributed by atoms with E-state index in [1.54, 1.807) is 66.3 Å². The number of amides is 4. The van der Waals surface area contributed by atoms with Crippen LogP contribution in [0.4, 0.5) is 36.1 Å². The number of nitrogens with zero attached hydrogens (tertiary/aromatic N) is 9. The van der Waals surface area contributed by atoms with Gasteiger partial charge in [0.25, 0.3) is 12.3 Å². The molecule has 1 saturated heterocycles. The Hall–Kier alpha value is -6.57. The Labute approximate surface area is 377 Å². The molecule has 0 spiro atoms. The van der Waals surface area contributed by atoms with Crippen LogP contribution in [0.3, 0.4) is 0 Å². The molecule has 2 aromatic carbocycles. The maximum atomic E-state index is 14.7. The van der Waals surface area contributed by atoms with Crippen molar-refractivity contribution in [2.24, 2.45) is 7.05 Å². The van der Waals surface area contributed by atoms with Gasteiger partial charge in [-0.05, 0) is 92.2 Å². The smallest absolute Gasteiger partial charge is 0.343 e. The standard InChI is InChI=1S/C45H51F2N11O6S/c1-27-44(58(63)64)65-45(49-27)51-43(62)32-11-7-8-12-36(32)50-39(60)13-5-4-6-14-40(61)54-19-15-31(16-20-54)57-37-17-21-55(28(2)59)26-35(37)42(52-57)56-18-9-10-29-22-33(30-24-48-53(3)25-30)34(41(46)47)23-38(29)56/h7-8,11-12,22-25,31,41H,4-6,9-10,13-21,26H2,1-3H3,(H,50,60)(H,49,51,62). The highest BCUT2D eigenvalue weighted by Crippen LogP contribution is 2.44.